The van der Waals surface area contributed by atoms with Crippen molar-refractivity contribution >= 4 is 41.4 Å². The van der Waals surface area contributed by atoms with Gasteiger partial charge in [0.2, 0.25) is 23.6 Å². The third-order valence-corrected chi connectivity index (χ3v) is 6.71. The van der Waals surface area contributed by atoms with Gasteiger partial charge in [0, 0.05) is 6.42 Å². The summed E-state index contributed by atoms with van der Waals surface area (Å²) in [5, 5.41) is 28.8. The van der Waals surface area contributed by atoms with E-state index in [1.165, 1.54) is 30.8 Å². The normalized spacial score (nSPS) is 13.6. The number of aliphatic carboxylic acids is 1. The van der Waals surface area contributed by atoms with Gasteiger partial charge in [-0.15, -0.1) is 0 Å². The number of aromatic hydroxyl groups is 1. The molecule has 2 aromatic rings. The molecule has 0 fully saturated rings. The van der Waals surface area contributed by atoms with Crippen LogP contribution in [0.15, 0.2) is 54.6 Å². The zero-order valence-electron chi connectivity index (χ0n) is 23.0. The Morgan fingerprint density at radius 2 is 1.44 bits per heavy atom. The first kappa shape index (κ1) is 33.1. The Hall–Kier alpha value is -4.10. The van der Waals surface area contributed by atoms with E-state index in [1.807, 2.05) is 6.26 Å². The quantitative estimate of drug-likeness (QED) is 0.140. The number of hydrogen-bond donors (Lipinski definition) is 7. The number of nitrogens with one attached hydrogen (secondary N) is 4. The van der Waals surface area contributed by atoms with Gasteiger partial charge in [-0.2, -0.15) is 11.8 Å². The molecule has 8 N–H and O–H groups in total. The van der Waals surface area contributed by atoms with Crippen molar-refractivity contribution in [3.05, 3.63) is 65.7 Å². The first-order valence-electron chi connectivity index (χ1n) is 13.0. The van der Waals surface area contributed by atoms with Crippen LogP contribution in [0.25, 0.3) is 0 Å². The molecule has 41 heavy (non-hydrogen) atoms. The Morgan fingerprint density at radius 1 is 0.829 bits per heavy atom. The van der Waals surface area contributed by atoms with Crippen molar-refractivity contribution in [3.8, 4) is 5.75 Å². The molecule has 4 amide bonds. The highest BCUT2D eigenvalue weighted by molar-refractivity contribution is 7.98. The van der Waals surface area contributed by atoms with Crippen LogP contribution >= 0.6 is 11.8 Å². The number of phenols is 1. The van der Waals surface area contributed by atoms with Crippen LogP contribution in [0.1, 0.15) is 24.5 Å². The molecular weight excluding hydrogens is 550 g/mol. The average Bonchev–Trinajstić information content (AvgIpc) is 2.94. The van der Waals surface area contributed by atoms with Crippen LogP contribution in [0.4, 0.5) is 0 Å². The minimum absolute atomic E-state index is 0.0872. The number of carbonyl (C=O) groups excluding carboxylic acids is 4. The number of thioether (sulfide) groups is 1. The van der Waals surface area contributed by atoms with Crippen LogP contribution in [-0.4, -0.2) is 82.5 Å². The maximum absolute atomic E-state index is 13.0. The molecule has 0 saturated carbocycles. The second-order valence-electron chi connectivity index (χ2n) is 9.42. The molecule has 0 aliphatic rings. The second kappa shape index (κ2) is 16.9. The van der Waals surface area contributed by atoms with Gasteiger partial charge in [-0.25, -0.2) is 4.79 Å². The van der Waals surface area contributed by atoms with Gasteiger partial charge in [0.25, 0.3) is 0 Å². The van der Waals surface area contributed by atoms with Crippen molar-refractivity contribution in [1.29, 1.82) is 0 Å². The minimum Gasteiger partial charge on any atom is -0.508 e. The third kappa shape index (κ3) is 11.9. The Kier molecular flexibility index (Phi) is 13.6. The number of hydrogen-bond acceptors (Lipinski definition) is 8. The van der Waals surface area contributed by atoms with E-state index in [-0.39, 0.29) is 25.0 Å². The molecule has 0 aliphatic carbocycles. The fraction of sp³-hybridized carbons (Fsp3) is 0.393. The molecule has 12 nitrogen and oxygen atoms in total. The van der Waals surface area contributed by atoms with Gasteiger partial charge < -0.3 is 37.2 Å². The Balaban J connectivity index is 1.94. The molecule has 0 saturated heterocycles. The molecular formula is C28H37N5O7S. The van der Waals surface area contributed by atoms with Crippen molar-refractivity contribution in [3.63, 3.8) is 0 Å². The number of carboxylic acids is 1. The van der Waals surface area contributed by atoms with Crippen LogP contribution < -0.4 is 27.0 Å². The van der Waals surface area contributed by atoms with E-state index >= 15 is 0 Å². The molecule has 2 aromatic carbocycles. The maximum Gasteiger partial charge on any atom is 0.326 e. The van der Waals surface area contributed by atoms with Crippen LogP contribution in [-0.2, 0) is 36.8 Å². The van der Waals surface area contributed by atoms with Gasteiger partial charge >= 0.3 is 5.97 Å². The van der Waals surface area contributed by atoms with E-state index in [0.717, 1.165) is 11.1 Å². The van der Waals surface area contributed by atoms with Gasteiger partial charge in [0.05, 0.1) is 12.6 Å². The molecule has 0 radical (unpaired) electrons. The molecule has 2 rings (SSSR count). The highest BCUT2D eigenvalue weighted by Crippen LogP contribution is 2.11. The van der Waals surface area contributed by atoms with E-state index in [4.69, 9.17) is 5.73 Å². The van der Waals surface area contributed by atoms with Crippen molar-refractivity contribution in [2.45, 2.75) is 50.4 Å². The predicted octanol–water partition coefficient (Wildman–Crippen LogP) is -0.0671. The number of carbonyl (C=O) groups is 5. The SMILES string of the molecule is CSCC[C@H](NC(=O)[C@H](Cc1ccccc1)NC(=O)[C@H](C)NC(=O)CNC(=O)[C@@H](N)Cc1ccc(O)cc1)C(=O)O. The molecule has 13 heteroatoms. The first-order valence-corrected chi connectivity index (χ1v) is 14.4. The van der Waals surface area contributed by atoms with E-state index in [0.29, 0.717) is 5.75 Å². The van der Waals surface area contributed by atoms with Crippen LogP contribution in [0.5, 0.6) is 5.75 Å². The van der Waals surface area contributed by atoms with E-state index < -0.39 is 60.3 Å². The topological polar surface area (TPSA) is 200 Å². The summed E-state index contributed by atoms with van der Waals surface area (Å²) in [5.41, 5.74) is 7.38. The van der Waals surface area contributed by atoms with E-state index in [9.17, 15) is 34.2 Å². The van der Waals surface area contributed by atoms with Crippen LogP contribution in [0, 0.1) is 0 Å². The van der Waals surface area contributed by atoms with Crippen LogP contribution in [0.2, 0.25) is 0 Å². The molecule has 0 heterocycles. The summed E-state index contributed by atoms with van der Waals surface area (Å²) < 4.78 is 0. The third-order valence-electron chi connectivity index (χ3n) is 6.06. The summed E-state index contributed by atoms with van der Waals surface area (Å²) >= 11 is 1.45. The summed E-state index contributed by atoms with van der Waals surface area (Å²) in [4.78, 5) is 62.3. The first-order chi connectivity index (χ1) is 19.5. The van der Waals surface area contributed by atoms with Gasteiger partial charge in [-0.3, -0.25) is 19.2 Å². The largest absolute Gasteiger partial charge is 0.508 e. The molecule has 0 unspecified atom stereocenters. The molecule has 0 aromatic heterocycles. The lowest BCUT2D eigenvalue weighted by atomic mass is 10.0. The maximum atomic E-state index is 13.0. The number of rotatable bonds is 16. The molecule has 4 atom stereocenters. The minimum atomic E-state index is -1.18. The van der Waals surface area contributed by atoms with E-state index in [1.54, 1.807) is 42.5 Å². The Bertz CT molecular complexity index is 1180. The van der Waals surface area contributed by atoms with E-state index in [2.05, 4.69) is 21.3 Å². The van der Waals surface area contributed by atoms with Crippen molar-refractivity contribution in [2.75, 3.05) is 18.6 Å². The fourth-order valence-electron chi connectivity index (χ4n) is 3.76. The molecule has 222 valence electrons. The monoisotopic (exact) mass is 587 g/mol. The summed E-state index contributed by atoms with van der Waals surface area (Å²) in [6.07, 6.45) is 2.33. The number of carboxylic acid groups (broad SMARTS) is 1. The van der Waals surface area contributed by atoms with Gasteiger partial charge in [-0.05, 0) is 55.0 Å². The lowest BCUT2D eigenvalue weighted by Gasteiger charge is -2.23. The number of amides is 4. The highest BCUT2D eigenvalue weighted by Gasteiger charge is 2.28. The fourth-order valence-corrected chi connectivity index (χ4v) is 4.23. The molecule has 0 spiro atoms. The van der Waals surface area contributed by atoms with Crippen molar-refractivity contribution in [1.82, 2.24) is 21.3 Å². The highest BCUT2D eigenvalue weighted by atomic mass is 32.2. The number of phenolic OH excluding ortho intramolecular Hbond substituents is 1. The summed E-state index contributed by atoms with van der Waals surface area (Å²) in [6, 6.07) is 10.9. The summed E-state index contributed by atoms with van der Waals surface area (Å²) in [5.74, 6) is -3.12. The van der Waals surface area contributed by atoms with Gasteiger partial charge in [-0.1, -0.05) is 42.5 Å². The lowest BCUT2D eigenvalue weighted by molar-refractivity contribution is -0.142. The second-order valence-corrected chi connectivity index (χ2v) is 10.4. The lowest BCUT2D eigenvalue weighted by Crippen LogP contribution is -2.56. The standard InChI is InChI=1S/C28H37N5O7S/c1-17(31-24(35)16-30-26(37)21(29)14-19-8-10-20(34)11-9-19)25(36)33-23(15-18-6-4-3-5-7-18)27(38)32-22(28(39)40)12-13-41-2/h3-11,17,21-23,34H,12-16,29H2,1-2H3,(H,30,37)(H,31,35)(H,32,38)(H,33,36)(H,39,40)/t17-,21-,22-,23-/m0/s1. The van der Waals surface area contributed by atoms with Crippen molar-refractivity contribution in [2.24, 2.45) is 5.73 Å². The van der Waals surface area contributed by atoms with Gasteiger partial charge in [0.15, 0.2) is 0 Å². The van der Waals surface area contributed by atoms with Crippen LogP contribution in [0.3, 0.4) is 0 Å². The number of nitrogens with two attached hydrogens (primary N) is 1. The Labute approximate surface area is 242 Å². The predicted molar refractivity (Wildman–Crippen MR) is 155 cm³/mol. The Morgan fingerprint density at radius 3 is 2.05 bits per heavy atom. The number of benzene rings is 2. The summed E-state index contributed by atoms with van der Waals surface area (Å²) in [6.45, 7) is 0.991. The van der Waals surface area contributed by atoms with Gasteiger partial charge in [0.1, 0.15) is 23.9 Å². The molecule has 0 aliphatic heterocycles. The zero-order valence-corrected chi connectivity index (χ0v) is 23.8. The smallest absolute Gasteiger partial charge is 0.326 e. The average molecular weight is 588 g/mol. The van der Waals surface area contributed by atoms with Crippen molar-refractivity contribution < 1.29 is 34.2 Å². The zero-order chi connectivity index (χ0) is 30.4. The molecule has 0 bridgehead atoms. The summed E-state index contributed by atoms with van der Waals surface area (Å²) in [7, 11) is 0.